The highest BCUT2D eigenvalue weighted by Gasteiger charge is 2.28. The van der Waals surface area contributed by atoms with Gasteiger partial charge in [-0.05, 0) is 53.9 Å². The maximum absolute atomic E-state index is 13.1. The molecule has 0 N–H and O–H groups in total. The van der Waals surface area contributed by atoms with Gasteiger partial charge in [-0.3, -0.25) is 4.57 Å². The molecular formula is C20H35O3P. The molecule has 1 rings (SSSR count). The van der Waals surface area contributed by atoms with Crippen LogP contribution in [0.1, 0.15) is 95.4 Å². The van der Waals surface area contributed by atoms with E-state index in [9.17, 15) is 4.57 Å². The first-order valence-electron chi connectivity index (χ1n) is 9.19. The average molecular weight is 354 g/mol. The van der Waals surface area contributed by atoms with Gasteiger partial charge in [0.25, 0.3) is 0 Å². The van der Waals surface area contributed by atoms with Crippen LogP contribution in [0.5, 0.6) is 0 Å². The zero-order chi connectivity index (χ0) is 18.5. The lowest BCUT2D eigenvalue weighted by atomic mass is 9.85. The molecule has 0 aliphatic heterocycles. The van der Waals surface area contributed by atoms with Crippen molar-refractivity contribution in [3.8, 4) is 0 Å². The molecule has 24 heavy (non-hydrogen) atoms. The SMILES string of the molecule is CCOP(=O)(Cc1c(C(C)C)cc(C(C)C)cc1C(C)C)OCC. The smallest absolute Gasteiger partial charge is 0.309 e. The van der Waals surface area contributed by atoms with Gasteiger partial charge in [-0.15, -0.1) is 0 Å². The van der Waals surface area contributed by atoms with Crippen LogP contribution in [0.25, 0.3) is 0 Å². The van der Waals surface area contributed by atoms with E-state index in [4.69, 9.17) is 9.05 Å². The van der Waals surface area contributed by atoms with E-state index in [0.717, 1.165) is 5.56 Å². The quantitative estimate of drug-likeness (QED) is 0.456. The molecule has 0 spiro atoms. The van der Waals surface area contributed by atoms with Crippen LogP contribution in [0.15, 0.2) is 12.1 Å². The van der Waals surface area contributed by atoms with Crippen molar-refractivity contribution in [2.45, 2.75) is 79.3 Å². The van der Waals surface area contributed by atoms with Gasteiger partial charge < -0.3 is 9.05 Å². The summed E-state index contributed by atoms with van der Waals surface area (Å²) in [7, 11) is -3.11. The van der Waals surface area contributed by atoms with Crippen LogP contribution < -0.4 is 0 Å². The van der Waals surface area contributed by atoms with Crippen LogP contribution in [0.2, 0.25) is 0 Å². The number of hydrogen-bond acceptors (Lipinski definition) is 3. The Balaban J connectivity index is 3.50. The summed E-state index contributed by atoms with van der Waals surface area (Å²) in [5.41, 5.74) is 5.03. The van der Waals surface area contributed by atoms with Crippen LogP contribution in [0, 0.1) is 0 Å². The van der Waals surface area contributed by atoms with Gasteiger partial charge in [0.15, 0.2) is 0 Å². The van der Waals surface area contributed by atoms with Crippen LogP contribution in [-0.2, 0) is 19.8 Å². The lowest BCUT2D eigenvalue weighted by Crippen LogP contribution is -2.09. The van der Waals surface area contributed by atoms with E-state index in [1.54, 1.807) is 0 Å². The molecule has 0 bridgehead atoms. The van der Waals surface area contributed by atoms with E-state index in [0.29, 0.717) is 37.1 Å². The normalized spacial score (nSPS) is 12.6. The molecule has 0 saturated heterocycles. The number of benzene rings is 1. The van der Waals surface area contributed by atoms with Crippen molar-refractivity contribution in [1.29, 1.82) is 0 Å². The summed E-state index contributed by atoms with van der Waals surface area (Å²) in [5.74, 6) is 1.21. The molecule has 0 unspecified atom stereocenters. The van der Waals surface area contributed by atoms with Crippen molar-refractivity contribution >= 4 is 7.60 Å². The first-order valence-corrected chi connectivity index (χ1v) is 10.9. The van der Waals surface area contributed by atoms with Crippen LogP contribution in [0.3, 0.4) is 0 Å². The lowest BCUT2D eigenvalue weighted by molar-refractivity contribution is 0.219. The molecular weight excluding hydrogens is 319 g/mol. The monoisotopic (exact) mass is 354 g/mol. The highest BCUT2D eigenvalue weighted by Crippen LogP contribution is 2.53. The summed E-state index contributed by atoms with van der Waals surface area (Å²) in [5, 5.41) is 0. The largest absolute Gasteiger partial charge is 0.335 e. The Labute approximate surface area is 148 Å². The maximum Gasteiger partial charge on any atom is 0.335 e. The van der Waals surface area contributed by atoms with E-state index < -0.39 is 7.60 Å². The molecule has 0 aliphatic carbocycles. The molecule has 0 aliphatic rings. The van der Waals surface area contributed by atoms with Crippen molar-refractivity contribution in [3.05, 3.63) is 34.4 Å². The van der Waals surface area contributed by atoms with Crippen molar-refractivity contribution in [2.75, 3.05) is 13.2 Å². The summed E-state index contributed by atoms with van der Waals surface area (Å²) in [6.07, 6.45) is 0.355. The molecule has 0 saturated carbocycles. The second-order valence-corrected chi connectivity index (χ2v) is 9.30. The molecule has 0 fully saturated rings. The fourth-order valence-corrected chi connectivity index (χ4v) is 4.80. The third-order valence-corrected chi connectivity index (χ3v) is 6.26. The van der Waals surface area contributed by atoms with Crippen LogP contribution >= 0.6 is 7.60 Å². The first kappa shape index (κ1) is 21.4. The Hall–Kier alpha value is -0.630. The Bertz CT molecular complexity index is 537. The van der Waals surface area contributed by atoms with E-state index >= 15 is 0 Å². The summed E-state index contributed by atoms with van der Waals surface area (Å²) in [6.45, 7) is 17.7. The van der Waals surface area contributed by atoms with Gasteiger partial charge in [0.1, 0.15) is 0 Å². The highest BCUT2D eigenvalue weighted by molar-refractivity contribution is 7.53. The van der Waals surface area contributed by atoms with Gasteiger partial charge in [-0.2, -0.15) is 0 Å². The predicted molar refractivity (Wildman–Crippen MR) is 103 cm³/mol. The van der Waals surface area contributed by atoms with Crippen LogP contribution in [-0.4, -0.2) is 13.2 Å². The molecule has 3 nitrogen and oxygen atoms in total. The van der Waals surface area contributed by atoms with Gasteiger partial charge in [-0.25, -0.2) is 0 Å². The molecule has 1 aromatic rings. The standard InChI is InChI=1S/C20H35O3P/c1-9-22-24(21,23-10-2)13-20-18(15(5)6)11-17(14(3)4)12-19(20)16(7)8/h11-12,14-16H,9-10,13H2,1-8H3. The van der Waals surface area contributed by atoms with E-state index in [1.807, 2.05) is 13.8 Å². The molecule has 0 heterocycles. The van der Waals surface area contributed by atoms with Gasteiger partial charge in [0, 0.05) is 0 Å². The van der Waals surface area contributed by atoms with Crippen molar-refractivity contribution in [2.24, 2.45) is 0 Å². The topological polar surface area (TPSA) is 35.5 Å². The molecule has 4 heteroatoms. The third kappa shape index (κ3) is 5.44. The van der Waals surface area contributed by atoms with Gasteiger partial charge in [0.05, 0.1) is 19.4 Å². The first-order chi connectivity index (χ1) is 11.1. The van der Waals surface area contributed by atoms with E-state index in [2.05, 4.69) is 53.7 Å². The van der Waals surface area contributed by atoms with E-state index in [1.165, 1.54) is 16.7 Å². The van der Waals surface area contributed by atoms with Gasteiger partial charge >= 0.3 is 7.60 Å². The molecule has 138 valence electrons. The Morgan fingerprint density at radius 2 is 1.25 bits per heavy atom. The summed E-state index contributed by atoms with van der Waals surface area (Å²) in [6, 6.07) is 4.55. The van der Waals surface area contributed by atoms with Crippen molar-refractivity contribution < 1.29 is 13.6 Å². The minimum absolute atomic E-state index is 0.355. The summed E-state index contributed by atoms with van der Waals surface area (Å²) < 4.78 is 24.2. The minimum Gasteiger partial charge on any atom is -0.309 e. The molecule has 0 amide bonds. The maximum atomic E-state index is 13.1. The fraction of sp³-hybridized carbons (Fsp3) is 0.700. The third-order valence-electron chi connectivity index (χ3n) is 4.26. The van der Waals surface area contributed by atoms with E-state index in [-0.39, 0.29) is 0 Å². The van der Waals surface area contributed by atoms with Gasteiger partial charge in [0.2, 0.25) is 0 Å². The van der Waals surface area contributed by atoms with Crippen LogP contribution in [0.4, 0.5) is 0 Å². The molecule has 0 aromatic heterocycles. The fourth-order valence-electron chi connectivity index (χ4n) is 3.00. The lowest BCUT2D eigenvalue weighted by Gasteiger charge is -2.25. The highest BCUT2D eigenvalue weighted by atomic mass is 31.2. The zero-order valence-corrected chi connectivity index (χ0v) is 17.6. The summed E-state index contributed by atoms with van der Waals surface area (Å²) in [4.78, 5) is 0. The number of rotatable bonds is 9. The molecule has 0 radical (unpaired) electrons. The zero-order valence-electron chi connectivity index (χ0n) is 16.7. The predicted octanol–water partition coefficient (Wildman–Crippen LogP) is 6.82. The Kier molecular flexibility index (Phi) is 8.19. The number of hydrogen-bond donors (Lipinski definition) is 0. The Morgan fingerprint density at radius 1 is 0.833 bits per heavy atom. The second-order valence-electron chi connectivity index (χ2n) is 7.25. The molecule has 1 aromatic carbocycles. The second kappa shape index (κ2) is 9.17. The van der Waals surface area contributed by atoms with Gasteiger partial charge in [-0.1, -0.05) is 53.7 Å². The average Bonchev–Trinajstić information content (AvgIpc) is 2.46. The summed E-state index contributed by atoms with van der Waals surface area (Å²) >= 11 is 0. The van der Waals surface area contributed by atoms with Crippen molar-refractivity contribution in [1.82, 2.24) is 0 Å². The molecule has 0 atom stereocenters. The Morgan fingerprint density at radius 3 is 1.54 bits per heavy atom. The minimum atomic E-state index is -3.11. The van der Waals surface area contributed by atoms with Crippen molar-refractivity contribution in [3.63, 3.8) is 0 Å².